The Morgan fingerprint density at radius 2 is 2.11 bits per heavy atom. The van der Waals surface area contributed by atoms with Crippen molar-refractivity contribution >= 4 is 0 Å². The molecule has 2 N–H and O–H groups in total. The highest BCUT2D eigenvalue weighted by Crippen LogP contribution is 2.47. The van der Waals surface area contributed by atoms with Crippen molar-refractivity contribution in [3.63, 3.8) is 0 Å². The third kappa shape index (κ3) is 7.34. The first kappa shape index (κ1) is 22.6. The zero-order chi connectivity index (χ0) is 19.9. The third-order valence-electron chi connectivity index (χ3n) is 6.12. The number of aliphatic hydroxyl groups is 2. The molecule has 2 aliphatic rings. The molecule has 0 aromatic rings. The summed E-state index contributed by atoms with van der Waals surface area (Å²) in [5, 5.41) is 20.9. The van der Waals surface area contributed by atoms with E-state index < -0.39 is 5.60 Å². The fraction of sp³-hybridized carbons (Fsp3) is 0.826. The minimum absolute atomic E-state index is 0.208. The summed E-state index contributed by atoms with van der Waals surface area (Å²) in [5.74, 6) is 1.19. The molecule has 2 aliphatic carbocycles. The molecule has 5 atom stereocenters. The minimum atomic E-state index is -0.630. The van der Waals surface area contributed by atoms with Crippen molar-refractivity contribution in [3.8, 4) is 0 Å². The van der Waals surface area contributed by atoms with E-state index in [1.165, 1.54) is 5.57 Å². The van der Waals surface area contributed by atoms with Gasteiger partial charge >= 0.3 is 0 Å². The molecule has 0 radical (unpaired) electrons. The average molecular weight is 380 g/mol. The Morgan fingerprint density at radius 3 is 2.81 bits per heavy atom. The molecule has 0 bridgehead atoms. The van der Waals surface area contributed by atoms with Crippen LogP contribution in [0.25, 0.3) is 0 Å². The molecular weight excluding hydrogens is 338 g/mol. The molecule has 0 heterocycles. The molecule has 0 amide bonds. The summed E-state index contributed by atoms with van der Waals surface area (Å²) in [6, 6.07) is 0. The molecule has 1 saturated carbocycles. The van der Waals surface area contributed by atoms with Crippen LogP contribution in [0.1, 0.15) is 58.8 Å². The Morgan fingerprint density at radius 1 is 1.33 bits per heavy atom. The van der Waals surface area contributed by atoms with Gasteiger partial charge in [0.1, 0.15) is 0 Å². The van der Waals surface area contributed by atoms with Crippen LogP contribution in [0, 0.1) is 17.8 Å². The van der Waals surface area contributed by atoms with E-state index in [9.17, 15) is 10.2 Å². The highest BCUT2D eigenvalue weighted by molar-refractivity contribution is 5.21. The number of ether oxygens (including phenoxy) is 1. The van der Waals surface area contributed by atoms with Crippen molar-refractivity contribution in [1.82, 2.24) is 4.90 Å². The summed E-state index contributed by atoms with van der Waals surface area (Å²) in [5.41, 5.74) is 0.768. The van der Waals surface area contributed by atoms with Crippen molar-refractivity contribution in [2.24, 2.45) is 17.8 Å². The third-order valence-corrected chi connectivity index (χ3v) is 6.12. The van der Waals surface area contributed by atoms with Crippen molar-refractivity contribution < 1.29 is 14.9 Å². The predicted octanol–water partition coefficient (Wildman–Crippen LogP) is 3.79. The number of unbranched alkanes of at least 4 members (excludes halogenated alkanes) is 1. The summed E-state index contributed by atoms with van der Waals surface area (Å²) in [7, 11) is 4.17. The highest BCUT2D eigenvalue weighted by atomic mass is 16.5. The first-order valence-electron chi connectivity index (χ1n) is 10.8. The zero-order valence-electron chi connectivity index (χ0n) is 17.9. The molecule has 0 aromatic carbocycles. The van der Waals surface area contributed by atoms with Crippen LogP contribution >= 0.6 is 0 Å². The second-order valence-corrected chi connectivity index (χ2v) is 9.18. The lowest BCUT2D eigenvalue weighted by atomic mass is 9.88. The number of nitrogens with zero attached hydrogens (tertiary/aromatic N) is 1. The molecule has 156 valence electrons. The van der Waals surface area contributed by atoms with Crippen LogP contribution in [0.5, 0.6) is 0 Å². The van der Waals surface area contributed by atoms with Gasteiger partial charge < -0.3 is 19.8 Å². The van der Waals surface area contributed by atoms with Gasteiger partial charge in [-0.2, -0.15) is 0 Å². The molecule has 0 aromatic heterocycles. The maximum atomic E-state index is 10.5. The standard InChI is InChI=1S/C23H41NO3/c1-5-6-10-23(2,26)11-7-9-20-21-15-18(14-19(21)16-22(20)25)17-27-13-8-12-24(3)4/h7,9,14,19-22,25-26H,5-6,8,10-13,15-17H2,1-4H3/t19-,20+,21-,22+,23-/m0/s1. The molecule has 2 rings (SSSR count). The molecular formula is C23H41NO3. The smallest absolute Gasteiger partial charge is 0.0676 e. The van der Waals surface area contributed by atoms with Crippen LogP contribution < -0.4 is 0 Å². The number of rotatable bonds is 12. The second kappa shape index (κ2) is 10.8. The lowest BCUT2D eigenvalue weighted by Crippen LogP contribution is -2.23. The first-order valence-corrected chi connectivity index (χ1v) is 10.8. The van der Waals surface area contributed by atoms with Crippen LogP contribution in [0.3, 0.4) is 0 Å². The van der Waals surface area contributed by atoms with Gasteiger partial charge in [-0.05, 0) is 77.1 Å². The molecule has 1 fully saturated rings. The maximum absolute atomic E-state index is 10.5. The van der Waals surface area contributed by atoms with Crippen LogP contribution in [0.15, 0.2) is 23.8 Å². The first-order chi connectivity index (χ1) is 12.8. The average Bonchev–Trinajstić information content (AvgIpc) is 3.10. The van der Waals surface area contributed by atoms with Gasteiger partial charge in [-0.25, -0.2) is 0 Å². The van der Waals surface area contributed by atoms with Gasteiger partial charge in [-0.15, -0.1) is 0 Å². The minimum Gasteiger partial charge on any atom is -0.392 e. The zero-order valence-corrected chi connectivity index (χ0v) is 17.9. The number of hydrogen-bond donors (Lipinski definition) is 2. The SMILES string of the molecule is CCCC[C@](C)(O)CC=C[C@@H]1[C@H]2CC(COCCCN(C)C)=C[C@H]2C[C@H]1O. The van der Waals surface area contributed by atoms with E-state index in [0.717, 1.165) is 58.3 Å². The van der Waals surface area contributed by atoms with E-state index in [-0.39, 0.29) is 12.0 Å². The van der Waals surface area contributed by atoms with Crippen molar-refractivity contribution in [2.45, 2.75) is 70.5 Å². The number of allylic oxidation sites excluding steroid dienone is 1. The Kier molecular flexibility index (Phi) is 9.00. The van der Waals surface area contributed by atoms with Gasteiger partial charge in [0, 0.05) is 12.5 Å². The summed E-state index contributed by atoms with van der Waals surface area (Å²) >= 11 is 0. The van der Waals surface area contributed by atoms with Crippen molar-refractivity contribution in [2.75, 3.05) is 33.9 Å². The van der Waals surface area contributed by atoms with E-state index in [1.807, 2.05) is 6.92 Å². The summed E-state index contributed by atoms with van der Waals surface area (Å²) < 4.78 is 5.85. The van der Waals surface area contributed by atoms with E-state index in [0.29, 0.717) is 18.3 Å². The quantitative estimate of drug-likeness (QED) is 0.400. The van der Waals surface area contributed by atoms with Crippen molar-refractivity contribution in [3.05, 3.63) is 23.8 Å². The largest absolute Gasteiger partial charge is 0.392 e. The number of aliphatic hydroxyl groups excluding tert-OH is 1. The predicted molar refractivity (Wildman–Crippen MR) is 112 cm³/mol. The lowest BCUT2D eigenvalue weighted by molar-refractivity contribution is 0.0513. The van der Waals surface area contributed by atoms with Crippen molar-refractivity contribution in [1.29, 1.82) is 0 Å². The van der Waals surface area contributed by atoms with Gasteiger partial charge in [0.15, 0.2) is 0 Å². The number of fused-ring (bicyclic) bond motifs is 1. The molecule has 0 spiro atoms. The van der Waals surface area contributed by atoms with Crippen LogP contribution in [-0.2, 0) is 4.74 Å². The van der Waals surface area contributed by atoms with Gasteiger partial charge in [-0.1, -0.05) is 38.0 Å². The normalized spacial score (nSPS) is 30.1. The Labute approximate surface area is 166 Å². The van der Waals surface area contributed by atoms with Gasteiger partial charge in [0.2, 0.25) is 0 Å². The molecule has 4 heteroatoms. The number of hydrogen-bond acceptors (Lipinski definition) is 4. The summed E-state index contributed by atoms with van der Waals surface area (Å²) in [6.45, 7) is 6.68. The second-order valence-electron chi connectivity index (χ2n) is 9.18. The van der Waals surface area contributed by atoms with Crippen LogP contribution in [0.2, 0.25) is 0 Å². The summed E-state index contributed by atoms with van der Waals surface area (Å²) in [6.07, 6.45) is 13.0. The van der Waals surface area contributed by atoms with E-state index >= 15 is 0 Å². The van der Waals surface area contributed by atoms with Crippen LogP contribution in [0.4, 0.5) is 0 Å². The molecule has 0 saturated heterocycles. The fourth-order valence-electron chi connectivity index (χ4n) is 4.54. The van der Waals surface area contributed by atoms with Gasteiger partial charge in [0.25, 0.3) is 0 Å². The highest BCUT2D eigenvalue weighted by Gasteiger charge is 2.43. The van der Waals surface area contributed by atoms with Gasteiger partial charge in [-0.3, -0.25) is 0 Å². The maximum Gasteiger partial charge on any atom is 0.0676 e. The topological polar surface area (TPSA) is 52.9 Å². The Balaban J connectivity index is 1.77. The van der Waals surface area contributed by atoms with Crippen LogP contribution in [-0.4, -0.2) is 60.7 Å². The van der Waals surface area contributed by atoms with E-state index in [1.54, 1.807) is 0 Å². The molecule has 27 heavy (non-hydrogen) atoms. The molecule has 4 nitrogen and oxygen atoms in total. The van der Waals surface area contributed by atoms with E-state index in [4.69, 9.17) is 4.74 Å². The van der Waals surface area contributed by atoms with E-state index in [2.05, 4.69) is 44.1 Å². The fourth-order valence-corrected chi connectivity index (χ4v) is 4.54. The Hall–Kier alpha value is -0.680. The Bertz CT molecular complexity index is 498. The summed E-state index contributed by atoms with van der Waals surface area (Å²) in [4.78, 5) is 2.18. The lowest BCUT2D eigenvalue weighted by Gasteiger charge is -2.22. The monoisotopic (exact) mass is 379 g/mol. The molecule has 0 unspecified atom stereocenters. The van der Waals surface area contributed by atoms with Gasteiger partial charge in [0.05, 0.1) is 18.3 Å². The molecule has 0 aliphatic heterocycles.